The number of amides is 2. The van der Waals surface area contributed by atoms with Gasteiger partial charge in [-0.25, -0.2) is 4.79 Å². The lowest BCUT2D eigenvalue weighted by Gasteiger charge is -2.28. The SMILES string of the molecule is C=C1CC(C(C)(C)C)=C(NC(=O)N[C@@H]2CN(CCOC)C[C@H]2c2ccccc2)c2ccccc2C1c1cnn(C)c1. The third kappa shape index (κ3) is 6.31. The molecule has 1 aromatic heterocycles. The van der Waals surface area contributed by atoms with E-state index >= 15 is 0 Å². The zero-order valence-electron chi connectivity index (χ0n) is 25.0. The Morgan fingerprint density at radius 1 is 1.07 bits per heavy atom. The molecule has 3 atom stereocenters. The van der Waals surface area contributed by atoms with Crippen LogP contribution in [0.15, 0.2) is 84.7 Å². The highest BCUT2D eigenvalue weighted by Crippen LogP contribution is 2.46. The first kappa shape index (κ1) is 28.8. The fourth-order valence-electron chi connectivity index (χ4n) is 6.35. The van der Waals surface area contributed by atoms with Gasteiger partial charge in [0.2, 0.25) is 0 Å². The summed E-state index contributed by atoms with van der Waals surface area (Å²) in [5.41, 5.74) is 7.48. The number of hydrogen-bond donors (Lipinski definition) is 2. The van der Waals surface area contributed by atoms with Crippen molar-refractivity contribution in [2.45, 2.75) is 45.1 Å². The zero-order chi connectivity index (χ0) is 29.1. The number of ether oxygens (including phenoxy) is 1. The maximum atomic E-state index is 13.9. The van der Waals surface area contributed by atoms with Crippen LogP contribution in [0.2, 0.25) is 0 Å². The van der Waals surface area contributed by atoms with E-state index in [1.807, 2.05) is 30.1 Å². The minimum Gasteiger partial charge on any atom is -0.383 e. The van der Waals surface area contributed by atoms with Crippen LogP contribution in [0.5, 0.6) is 0 Å². The molecule has 7 nitrogen and oxygen atoms in total. The van der Waals surface area contributed by atoms with E-state index in [1.165, 1.54) is 11.1 Å². The molecular weight excluding hydrogens is 510 g/mol. The molecule has 41 heavy (non-hydrogen) atoms. The topological polar surface area (TPSA) is 71.4 Å². The van der Waals surface area contributed by atoms with Crippen molar-refractivity contribution in [2.24, 2.45) is 12.5 Å². The molecule has 1 aliphatic heterocycles. The van der Waals surface area contributed by atoms with Gasteiger partial charge in [-0.1, -0.05) is 87.5 Å². The predicted molar refractivity (Wildman–Crippen MR) is 165 cm³/mol. The summed E-state index contributed by atoms with van der Waals surface area (Å²) in [6, 6.07) is 18.7. The fraction of sp³-hybridized carbons (Fsp3) is 0.412. The summed E-state index contributed by atoms with van der Waals surface area (Å²) in [7, 11) is 3.67. The third-order valence-corrected chi connectivity index (χ3v) is 8.41. The van der Waals surface area contributed by atoms with Crippen molar-refractivity contribution in [3.63, 3.8) is 0 Å². The Labute approximate surface area is 244 Å². The number of benzene rings is 2. The molecule has 216 valence electrons. The number of allylic oxidation sites excluding steroid dienone is 2. The van der Waals surface area contributed by atoms with Crippen LogP contribution in [0, 0.1) is 5.41 Å². The monoisotopic (exact) mass is 553 g/mol. The predicted octanol–water partition coefficient (Wildman–Crippen LogP) is 5.68. The molecular formula is C34H43N5O2. The van der Waals surface area contributed by atoms with Gasteiger partial charge in [-0.3, -0.25) is 9.58 Å². The Balaban J connectivity index is 1.47. The number of nitrogens with one attached hydrogen (secondary N) is 2. The summed E-state index contributed by atoms with van der Waals surface area (Å²) >= 11 is 0. The zero-order valence-corrected chi connectivity index (χ0v) is 25.0. The standard InChI is InChI=1S/C34H43N5O2/c1-23-18-29(34(2,3)4)32(27-15-11-10-14-26(27)31(23)25-19-35-38(5)20-25)37-33(40)36-30-22-39(16-17-41-6)21-28(30)24-12-8-7-9-13-24/h7-15,19-20,28,30-31H,1,16-18,21-22H2,2-6H3,(H2,36,37,40)/t28-,30+,31?/m0/s1. The van der Waals surface area contributed by atoms with Gasteiger partial charge in [0.05, 0.1) is 18.8 Å². The average Bonchev–Trinajstić information content (AvgIpc) is 3.52. The average molecular weight is 554 g/mol. The van der Waals surface area contributed by atoms with Crippen LogP contribution in [-0.4, -0.2) is 60.1 Å². The molecule has 3 aromatic rings. The maximum absolute atomic E-state index is 13.9. The van der Waals surface area contributed by atoms with E-state index in [2.05, 4.69) is 96.6 Å². The van der Waals surface area contributed by atoms with E-state index < -0.39 is 0 Å². The molecule has 2 aromatic carbocycles. The number of carbonyl (C=O) groups excluding carboxylic acids is 1. The highest BCUT2D eigenvalue weighted by Gasteiger charge is 2.36. The van der Waals surface area contributed by atoms with Gasteiger partial charge in [-0.15, -0.1) is 0 Å². The largest absolute Gasteiger partial charge is 0.383 e. The number of nitrogens with zero attached hydrogens (tertiary/aromatic N) is 3. The van der Waals surface area contributed by atoms with Crippen molar-refractivity contribution in [2.75, 3.05) is 33.4 Å². The van der Waals surface area contributed by atoms with E-state index in [4.69, 9.17) is 4.74 Å². The summed E-state index contributed by atoms with van der Waals surface area (Å²) in [4.78, 5) is 16.2. The molecule has 2 heterocycles. The highest BCUT2D eigenvalue weighted by molar-refractivity contribution is 5.88. The number of aromatic nitrogens is 2. The van der Waals surface area contributed by atoms with Crippen LogP contribution in [0.4, 0.5) is 4.79 Å². The van der Waals surface area contributed by atoms with Gasteiger partial charge < -0.3 is 15.4 Å². The Hall–Kier alpha value is -3.68. The van der Waals surface area contributed by atoms with Crippen LogP contribution < -0.4 is 10.6 Å². The van der Waals surface area contributed by atoms with Gasteiger partial charge in [0.1, 0.15) is 0 Å². The fourth-order valence-corrected chi connectivity index (χ4v) is 6.35. The lowest BCUT2D eigenvalue weighted by Crippen LogP contribution is -2.45. The number of fused-ring (bicyclic) bond motifs is 1. The van der Waals surface area contributed by atoms with Crippen molar-refractivity contribution in [3.05, 3.63) is 107 Å². The van der Waals surface area contributed by atoms with Gasteiger partial charge in [0.15, 0.2) is 0 Å². The van der Waals surface area contributed by atoms with E-state index in [-0.39, 0.29) is 29.3 Å². The van der Waals surface area contributed by atoms with Crippen molar-refractivity contribution in [1.29, 1.82) is 0 Å². The molecule has 5 rings (SSSR count). The molecule has 2 amide bonds. The van der Waals surface area contributed by atoms with E-state index in [0.717, 1.165) is 47.6 Å². The van der Waals surface area contributed by atoms with Crippen molar-refractivity contribution >= 4 is 11.7 Å². The Morgan fingerprint density at radius 3 is 2.49 bits per heavy atom. The summed E-state index contributed by atoms with van der Waals surface area (Å²) in [6.45, 7) is 14.3. The second-order valence-electron chi connectivity index (χ2n) is 12.4. The number of carbonyl (C=O) groups is 1. The van der Waals surface area contributed by atoms with Gasteiger partial charge >= 0.3 is 6.03 Å². The van der Waals surface area contributed by atoms with Crippen molar-refractivity contribution < 1.29 is 9.53 Å². The molecule has 1 fully saturated rings. The highest BCUT2D eigenvalue weighted by atomic mass is 16.5. The molecule has 0 bridgehead atoms. The first-order valence-corrected chi connectivity index (χ1v) is 14.5. The number of methoxy groups -OCH3 is 1. The third-order valence-electron chi connectivity index (χ3n) is 8.41. The molecule has 0 radical (unpaired) electrons. The van der Waals surface area contributed by atoms with E-state index in [9.17, 15) is 4.79 Å². The molecule has 1 unspecified atom stereocenters. The van der Waals surface area contributed by atoms with Crippen LogP contribution in [0.25, 0.3) is 5.70 Å². The molecule has 7 heteroatoms. The van der Waals surface area contributed by atoms with E-state index in [1.54, 1.807) is 7.11 Å². The van der Waals surface area contributed by atoms with Crippen LogP contribution in [0.3, 0.4) is 0 Å². The normalized spacial score (nSPS) is 21.5. The minimum atomic E-state index is -0.181. The molecule has 1 aliphatic carbocycles. The summed E-state index contributed by atoms with van der Waals surface area (Å²) in [5.74, 6) is 0.192. The first-order chi connectivity index (χ1) is 19.7. The van der Waals surface area contributed by atoms with Crippen molar-refractivity contribution in [3.8, 4) is 0 Å². The summed E-state index contributed by atoms with van der Waals surface area (Å²) in [5, 5.41) is 11.2. The molecule has 0 spiro atoms. The Bertz CT molecular complexity index is 1420. The quantitative estimate of drug-likeness (QED) is 0.369. The first-order valence-electron chi connectivity index (χ1n) is 14.5. The smallest absolute Gasteiger partial charge is 0.319 e. The number of rotatable bonds is 7. The van der Waals surface area contributed by atoms with Gasteiger partial charge in [-0.05, 0) is 28.5 Å². The molecule has 0 saturated carbocycles. The molecule has 2 aliphatic rings. The minimum absolute atomic E-state index is 0.00810. The number of likely N-dealkylation sites (tertiary alicyclic amines) is 1. The maximum Gasteiger partial charge on any atom is 0.319 e. The van der Waals surface area contributed by atoms with Gasteiger partial charge in [0, 0.05) is 68.6 Å². The molecule has 1 saturated heterocycles. The Kier molecular flexibility index (Phi) is 8.47. The second kappa shape index (κ2) is 12.0. The van der Waals surface area contributed by atoms with Gasteiger partial charge in [0.25, 0.3) is 0 Å². The Morgan fingerprint density at radius 2 is 1.80 bits per heavy atom. The van der Waals surface area contributed by atoms with Crippen molar-refractivity contribution in [1.82, 2.24) is 25.3 Å². The summed E-state index contributed by atoms with van der Waals surface area (Å²) < 4.78 is 7.18. The van der Waals surface area contributed by atoms with Crippen LogP contribution >= 0.6 is 0 Å². The van der Waals surface area contributed by atoms with Crippen LogP contribution in [-0.2, 0) is 11.8 Å². The van der Waals surface area contributed by atoms with E-state index in [0.29, 0.717) is 13.0 Å². The number of hydrogen-bond acceptors (Lipinski definition) is 4. The van der Waals surface area contributed by atoms with Crippen LogP contribution in [0.1, 0.15) is 61.3 Å². The van der Waals surface area contributed by atoms with Gasteiger partial charge in [-0.2, -0.15) is 5.10 Å². The number of aryl methyl sites for hydroxylation is 1. The lowest BCUT2D eigenvalue weighted by atomic mass is 9.80. The molecule has 2 N–H and O–H groups in total. The summed E-state index contributed by atoms with van der Waals surface area (Å²) in [6.07, 6.45) is 4.68. The number of urea groups is 1. The second-order valence-corrected chi connectivity index (χ2v) is 12.4. The lowest BCUT2D eigenvalue weighted by molar-refractivity contribution is 0.159.